The van der Waals surface area contributed by atoms with Crippen LogP contribution in [0.3, 0.4) is 0 Å². The SMILES string of the molecule is COC(=O)c1c[nH]c(=O)c2c1CCCN2. The molecule has 0 unspecified atom stereocenters. The van der Waals surface area contributed by atoms with E-state index in [2.05, 4.69) is 15.0 Å². The van der Waals surface area contributed by atoms with E-state index >= 15 is 0 Å². The van der Waals surface area contributed by atoms with Gasteiger partial charge in [0.2, 0.25) is 0 Å². The zero-order valence-electron chi connectivity index (χ0n) is 8.42. The molecule has 0 radical (unpaired) electrons. The lowest BCUT2D eigenvalue weighted by Gasteiger charge is -2.18. The number of esters is 1. The molecule has 1 aromatic heterocycles. The Kier molecular flexibility index (Phi) is 2.45. The zero-order chi connectivity index (χ0) is 10.8. The van der Waals surface area contributed by atoms with Crippen molar-refractivity contribution >= 4 is 11.7 Å². The standard InChI is InChI=1S/C10H12N2O3/c1-15-10(14)7-5-12-9(13)8-6(7)3-2-4-11-8/h5,11H,2-4H2,1H3,(H,12,13). The summed E-state index contributed by atoms with van der Waals surface area (Å²) >= 11 is 0. The van der Waals surface area contributed by atoms with Crippen LogP contribution in [0.1, 0.15) is 22.3 Å². The van der Waals surface area contributed by atoms with Crippen LogP contribution in [0.4, 0.5) is 5.69 Å². The Labute approximate surface area is 86.5 Å². The van der Waals surface area contributed by atoms with Gasteiger partial charge in [-0.1, -0.05) is 0 Å². The van der Waals surface area contributed by atoms with E-state index < -0.39 is 5.97 Å². The first-order chi connectivity index (χ1) is 7.24. The van der Waals surface area contributed by atoms with Crippen molar-refractivity contribution in [3.63, 3.8) is 0 Å². The Morgan fingerprint density at radius 1 is 1.53 bits per heavy atom. The maximum absolute atomic E-state index is 11.5. The number of aromatic amines is 1. The molecule has 1 aliphatic heterocycles. The number of fused-ring (bicyclic) bond motifs is 1. The monoisotopic (exact) mass is 208 g/mol. The van der Waals surface area contributed by atoms with E-state index in [1.165, 1.54) is 13.3 Å². The lowest BCUT2D eigenvalue weighted by Crippen LogP contribution is -2.24. The molecule has 0 saturated carbocycles. The van der Waals surface area contributed by atoms with Crippen molar-refractivity contribution in [3.05, 3.63) is 27.7 Å². The number of methoxy groups -OCH3 is 1. The fourth-order valence-corrected chi connectivity index (χ4v) is 1.79. The van der Waals surface area contributed by atoms with Crippen molar-refractivity contribution in [2.45, 2.75) is 12.8 Å². The highest BCUT2D eigenvalue weighted by Crippen LogP contribution is 2.21. The first kappa shape index (κ1) is 9.76. The van der Waals surface area contributed by atoms with Gasteiger partial charge in [0.25, 0.3) is 5.56 Å². The fraction of sp³-hybridized carbons (Fsp3) is 0.400. The number of pyridine rings is 1. The van der Waals surface area contributed by atoms with E-state index in [1.807, 2.05) is 0 Å². The second-order valence-corrected chi connectivity index (χ2v) is 3.41. The van der Waals surface area contributed by atoms with E-state index in [1.54, 1.807) is 0 Å². The molecule has 0 saturated heterocycles. The molecule has 0 fully saturated rings. The van der Waals surface area contributed by atoms with Crippen LogP contribution in [0.15, 0.2) is 11.0 Å². The summed E-state index contributed by atoms with van der Waals surface area (Å²) in [6.07, 6.45) is 3.07. The zero-order valence-corrected chi connectivity index (χ0v) is 8.42. The van der Waals surface area contributed by atoms with Gasteiger partial charge in [0.15, 0.2) is 0 Å². The van der Waals surface area contributed by atoms with Crippen LogP contribution in [0, 0.1) is 0 Å². The Hall–Kier alpha value is -1.78. The van der Waals surface area contributed by atoms with Crippen LogP contribution in [0.25, 0.3) is 0 Å². The minimum Gasteiger partial charge on any atom is -0.465 e. The molecule has 15 heavy (non-hydrogen) atoms. The van der Waals surface area contributed by atoms with Gasteiger partial charge < -0.3 is 15.0 Å². The highest BCUT2D eigenvalue weighted by molar-refractivity contribution is 5.92. The van der Waals surface area contributed by atoms with E-state index in [0.717, 1.165) is 24.9 Å². The van der Waals surface area contributed by atoms with Crippen molar-refractivity contribution in [1.82, 2.24) is 4.98 Å². The molecule has 1 aliphatic rings. The van der Waals surface area contributed by atoms with Crippen LogP contribution in [0.2, 0.25) is 0 Å². The van der Waals surface area contributed by atoms with Crippen LogP contribution in [-0.4, -0.2) is 24.6 Å². The quantitative estimate of drug-likeness (QED) is 0.660. The highest BCUT2D eigenvalue weighted by Gasteiger charge is 2.20. The minimum absolute atomic E-state index is 0.183. The molecule has 2 rings (SSSR count). The third-order valence-electron chi connectivity index (χ3n) is 2.51. The van der Waals surface area contributed by atoms with Gasteiger partial charge in [-0.15, -0.1) is 0 Å². The van der Waals surface area contributed by atoms with Crippen molar-refractivity contribution in [1.29, 1.82) is 0 Å². The van der Waals surface area contributed by atoms with E-state index in [-0.39, 0.29) is 5.56 Å². The summed E-state index contributed by atoms with van der Waals surface area (Å²) in [6.45, 7) is 0.765. The molecule has 0 aromatic carbocycles. The van der Waals surface area contributed by atoms with Crippen LogP contribution in [-0.2, 0) is 11.2 Å². The Morgan fingerprint density at radius 2 is 2.33 bits per heavy atom. The first-order valence-electron chi connectivity index (χ1n) is 4.81. The molecular weight excluding hydrogens is 196 g/mol. The number of hydrogen-bond acceptors (Lipinski definition) is 4. The lowest BCUT2D eigenvalue weighted by atomic mass is 10.0. The summed E-state index contributed by atoms with van der Waals surface area (Å²) in [5, 5.41) is 3.00. The molecule has 0 spiro atoms. The van der Waals surface area contributed by atoms with Gasteiger partial charge >= 0.3 is 5.97 Å². The number of nitrogens with one attached hydrogen (secondary N) is 2. The average molecular weight is 208 g/mol. The number of anilines is 1. The number of carbonyl (C=O) groups is 1. The maximum Gasteiger partial charge on any atom is 0.339 e. The first-order valence-corrected chi connectivity index (χ1v) is 4.81. The summed E-state index contributed by atoms with van der Waals surface area (Å²) in [6, 6.07) is 0. The predicted molar refractivity (Wildman–Crippen MR) is 55.2 cm³/mol. The van der Waals surface area contributed by atoms with Crippen LogP contribution in [0.5, 0.6) is 0 Å². The molecule has 2 heterocycles. The maximum atomic E-state index is 11.5. The molecular formula is C10H12N2O3. The van der Waals surface area contributed by atoms with Gasteiger partial charge in [0.1, 0.15) is 5.69 Å². The van der Waals surface area contributed by atoms with Gasteiger partial charge in [-0.05, 0) is 18.4 Å². The summed E-state index contributed by atoms with van der Waals surface area (Å²) < 4.78 is 4.65. The number of hydrogen-bond donors (Lipinski definition) is 2. The molecule has 1 aromatic rings. The van der Waals surface area contributed by atoms with E-state index in [4.69, 9.17) is 0 Å². The average Bonchev–Trinajstić information content (AvgIpc) is 2.29. The minimum atomic E-state index is -0.411. The second kappa shape index (κ2) is 3.76. The summed E-state index contributed by atoms with van der Waals surface area (Å²) in [5.41, 5.74) is 1.53. The number of H-pyrrole nitrogens is 1. The van der Waals surface area contributed by atoms with Crippen molar-refractivity contribution in [2.75, 3.05) is 19.0 Å². The molecule has 0 atom stereocenters. The smallest absolute Gasteiger partial charge is 0.339 e. The molecule has 0 bridgehead atoms. The van der Waals surface area contributed by atoms with Crippen LogP contribution >= 0.6 is 0 Å². The van der Waals surface area contributed by atoms with Crippen molar-refractivity contribution in [3.8, 4) is 0 Å². The molecule has 2 N–H and O–H groups in total. The van der Waals surface area contributed by atoms with Crippen molar-refractivity contribution in [2.24, 2.45) is 0 Å². The lowest BCUT2D eigenvalue weighted by molar-refractivity contribution is 0.0599. The number of carbonyl (C=O) groups excluding carboxylic acids is 1. The molecule has 0 aliphatic carbocycles. The van der Waals surface area contributed by atoms with E-state index in [9.17, 15) is 9.59 Å². The molecule has 0 amide bonds. The third-order valence-corrected chi connectivity index (χ3v) is 2.51. The van der Waals surface area contributed by atoms with Crippen molar-refractivity contribution < 1.29 is 9.53 Å². The second-order valence-electron chi connectivity index (χ2n) is 3.41. The third kappa shape index (κ3) is 1.60. The number of ether oxygens (including phenoxy) is 1. The summed E-state index contributed by atoms with van der Waals surface area (Å²) in [5.74, 6) is -0.411. The van der Waals surface area contributed by atoms with Crippen LogP contribution < -0.4 is 10.9 Å². The Balaban J connectivity index is 2.57. The van der Waals surface area contributed by atoms with Gasteiger partial charge in [0.05, 0.1) is 12.7 Å². The number of aromatic nitrogens is 1. The van der Waals surface area contributed by atoms with Gasteiger partial charge in [0, 0.05) is 12.7 Å². The Morgan fingerprint density at radius 3 is 3.07 bits per heavy atom. The fourth-order valence-electron chi connectivity index (χ4n) is 1.79. The predicted octanol–water partition coefficient (Wildman–Crippen LogP) is 0.520. The topological polar surface area (TPSA) is 71.2 Å². The Bertz CT molecular complexity index is 450. The van der Waals surface area contributed by atoms with Gasteiger partial charge in [-0.2, -0.15) is 0 Å². The number of rotatable bonds is 1. The van der Waals surface area contributed by atoms with E-state index in [0.29, 0.717) is 11.3 Å². The highest BCUT2D eigenvalue weighted by atomic mass is 16.5. The normalized spacial score (nSPS) is 13.9. The molecule has 5 heteroatoms. The summed E-state index contributed by atoms with van der Waals surface area (Å²) in [7, 11) is 1.33. The largest absolute Gasteiger partial charge is 0.465 e. The van der Waals surface area contributed by atoms with Gasteiger partial charge in [-0.3, -0.25) is 4.79 Å². The summed E-state index contributed by atoms with van der Waals surface area (Å²) in [4.78, 5) is 25.4. The molecule has 80 valence electrons. The van der Waals surface area contributed by atoms with Gasteiger partial charge in [-0.25, -0.2) is 4.79 Å². The molecule has 5 nitrogen and oxygen atoms in total.